The first-order valence-electron chi connectivity index (χ1n) is 7.25. The highest BCUT2D eigenvalue weighted by atomic mass is 32.2. The molecule has 0 aliphatic carbocycles. The van der Waals surface area contributed by atoms with Crippen LogP contribution in [0, 0.1) is 5.41 Å². The minimum atomic E-state index is -3.31. The fraction of sp³-hybridized carbons (Fsp3) is 0.467. The zero-order chi connectivity index (χ0) is 17.3. The van der Waals surface area contributed by atoms with Crippen molar-refractivity contribution in [2.45, 2.75) is 20.3 Å². The maximum absolute atomic E-state index is 12.2. The normalized spacial score (nSPS) is 17.0. The zero-order valence-electron chi connectivity index (χ0n) is 13.1. The molecule has 0 spiro atoms. The first-order valence-corrected chi connectivity index (χ1v) is 8.86. The van der Waals surface area contributed by atoms with E-state index in [1.807, 2.05) is 0 Å². The Morgan fingerprint density at radius 3 is 2.61 bits per heavy atom. The van der Waals surface area contributed by atoms with Gasteiger partial charge in [-0.15, -0.1) is 0 Å². The smallest absolute Gasteiger partial charge is 0.310 e. The predicted molar refractivity (Wildman–Crippen MR) is 85.9 cm³/mol. The van der Waals surface area contributed by atoms with Crippen molar-refractivity contribution in [2.24, 2.45) is 5.41 Å². The minimum absolute atomic E-state index is 0.0204. The van der Waals surface area contributed by atoms with E-state index in [1.165, 1.54) is 24.2 Å². The number of aliphatic carboxylic acids is 1. The molecule has 0 aromatic heterocycles. The van der Waals surface area contributed by atoms with Crippen LogP contribution in [0.4, 0.5) is 5.69 Å². The number of rotatable bonds is 5. The zero-order valence-corrected chi connectivity index (χ0v) is 13.9. The second kappa shape index (κ2) is 6.19. The van der Waals surface area contributed by atoms with Gasteiger partial charge in [-0.2, -0.15) is 0 Å². The summed E-state index contributed by atoms with van der Waals surface area (Å²) in [4.78, 5) is 23.2. The molecule has 1 aliphatic heterocycles. The van der Waals surface area contributed by atoms with Crippen molar-refractivity contribution < 1.29 is 23.1 Å². The number of sulfonamides is 1. The van der Waals surface area contributed by atoms with Gasteiger partial charge in [0.2, 0.25) is 10.0 Å². The van der Waals surface area contributed by atoms with Crippen molar-refractivity contribution in [3.8, 4) is 0 Å². The van der Waals surface area contributed by atoms with Crippen molar-refractivity contribution >= 4 is 27.6 Å². The molecule has 1 aliphatic rings. The van der Waals surface area contributed by atoms with Crippen LogP contribution in [0.2, 0.25) is 0 Å². The first-order chi connectivity index (χ1) is 10.6. The Kier molecular flexibility index (Phi) is 4.65. The number of carbonyl (C=O) groups is 2. The second-order valence-corrected chi connectivity index (χ2v) is 8.18. The standard InChI is InChI=1S/C15H20N2O5S/c1-15(2,14(19)20)10-16-13(18)11-5-3-6-12(9-11)17-7-4-8-23(17,21)22/h3,5-6,9H,4,7-8,10H2,1-2H3,(H,16,18)(H,19,20). The van der Waals surface area contributed by atoms with Crippen LogP contribution in [-0.4, -0.2) is 44.2 Å². The molecule has 1 heterocycles. The number of carboxylic acid groups (broad SMARTS) is 1. The van der Waals surface area contributed by atoms with Gasteiger partial charge >= 0.3 is 5.97 Å². The molecular formula is C15H20N2O5S. The Morgan fingerprint density at radius 2 is 2.04 bits per heavy atom. The number of hydrogen-bond acceptors (Lipinski definition) is 4. The molecule has 2 rings (SSSR count). The van der Waals surface area contributed by atoms with Crippen LogP contribution in [0.15, 0.2) is 24.3 Å². The molecule has 1 amide bonds. The third kappa shape index (κ3) is 3.82. The van der Waals surface area contributed by atoms with E-state index in [-0.39, 0.29) is 12.3 Å². The number of hydrogen-bond donors (Lipinski definition) is 2. The average Bonchev–Trinajstić information content (AvgIpc) is 2.84. The average molecular weight is 340 g/mol. The number of nitrogens with zero attached hydrogens (tertiary/aromatic N) is 1. The van der Waals surface area contributed by atoms with Crippen LogP contribution < -0.4 is 9.62 Å². The summed E-state index contributed by atoms with van der Waals surface area (Å²) in [5, 5.41) is 11.6. The van der Waals surface area contributed by atoms with Gasteiger partial charge in [-0.1, -0.05) is 6.07 Å². The summed E-state index contributed by atoms with van der Waals surface area (Å²) in [7, 11) is -3.31. The van der Waals surface area contributed by atoms with E-state index in [0.29, 0.717) is 24.2 Å². The van der Waals surface area contributed by atoms with E-state index in [9.17, 15) is 18.0 Å². The lowest BCUT2D eigenvalue weighted by atomic mass is 9.94. The van der Waals surface area contributed by atoms with Crippen molar-refractivity contribution in [3.63, 3.8) is 0 Å². The predicted octanol–water partition coefficient (Wildman–Crippen LogP) is 1.07. The number of anilines is 1. The van der Waals surface area contributed by atoms with Crippen molar-refractivity contribution in [3.05, 3.63) is 29.8 Å². The quantitative estimate of drug-likeness (QED) is 0.834. The van der Waals surface area contributed by atoms with E-state index < -0.39 is 27.3 Å². The number of carbonyl (C=O) groups excluding carboxylic acids is 1. The lowest BCUT2D eigenvalue weighted by Crippen LogP contribution is -2.39. The van der Waals surface area contributed by atoms with E-state index in [2.05, 4.69) is 5.32 Å². The summed E-state index contributed by atoms with van der Waals surface area (Å²) in [5.74, 6) is -1.33. The van der Waals surface area contributed by atoms with Crippen molar-refractivity contribution in [2.75, 3.05) is 23.1 Å². The summed E-state index contributed by atoms with van der Waals surface area (Å²) in [6.45, 7) is 3.42. The number of nitrogens with one attached hydrogen (secondary N) is 1. The lowest BCUT2D eigenvalue weighted by Gasteiger charge is -2.20. The Bertz CT molecular complexity index is 727. The largest absolute Gasteiger partial charge is 0.481 e. The third-order valence-corrected chi connectivity index (χ3v) is 5.63. The molecule has 7 nitrogen and oxygen atoms in total. The van der Waals surface area contributed by atoms with E-state index >= 15 is 0 Å². The highest BCUT2D eigenvalue weighted by Crippen LogP contribution is 2.24. The topological polar surface area (TPSA) is 104 Å². The lowest BCUT2D eigenvalue weighted by molar-refractivity contribution is -0.146. The fourth-order valence-corrected chi connectivity index (χ4v) is 3.77. The molecule has 2 N–H and O–H groups in total. The molecule has 1 saturated heterocycles. The van der Waals surface area contributed by atoms with Crippen LogP contribution in [0.3, 0.4) is 0 Å². The molecule has 0 radical (unpaired) electrons. The molecular weight excluding hydrogens is 320 g/mol. The summed E-state index contributed by atoms with van der Waals surface area (Å²) in [6.07, 6.45) is 0.561. The number of amides is 1. The Hall–Kier alpha value is -2.09. The molecule has 1 aromatic carbocycles. The van der Waals surface area contributed by atoms with E-state index in [1.54, 1.807) is 18.2 Å². The van der Waals surface area contributed by atoms with E-state index in [4.69, 9.17) is 5.11 Å². The Balaban J connectivity index is 2.14. The van der Waals surface area contributed by atoms with Gasteiger partial charge in [0.1, 0.15) is 0 Å². The molecule has 1 fully saturated rings. The maximum Gasteiger partial charge on any atom is 0.310 e. The highest BCUT2D eigenvalue weighted by molar-refractivity contribution is 7.93. The van der Waals surface area contributed by atoms with Gasteiger partial charge in [0.25, 0.3) is 5.91 Å². The summed E-state index contributed by atoms with van der Waals surface area (Å²) in [5.41, 5.74) is -0.329. The van der Waals surface area contributed by atoms with Crippen molar-refractivity contribution in [1.82, 2.24) is 5.32 Å². The third-order valence-electron chi connectivity index (χ3n) is 3.77. The molecule has 8 heteroatoms. The van der Waals surface area contributed by atoms with Gasteiger partial charge in [-0.05, 0) is 38.5 Å². The second-order valence-electron chi connectivity index (χ2n) is 6.16. The minimum Gasteiger partial charge on any atom is -0.481 e. The van der Waals surface area contributed by atoms with Gasteiger partial charge in [-0.3, -0.25) is 13.9 Å². The summed E-state index contributed by atoms with van der Waals surface area (Å²) >= 11 is 0. The Labute approximate surface area is 135 Å². The van der Waals surface area contributed by atoms with Crippen molar-refractivity contribution in [1.29, 1.82) is 0 Å². The maximum atomic E-state index is 12.2. The fourth-order valence-electron chi connectivity index (χ4n) is 2.21. The number of carboxylic acids is 1. The summed E-state index contributed by atoms with van der Waals surface area (Å²) in [6, 6.07) is 6.32. The Morgan fingerprint density at radius 1 is 1.35 bits per heavy atom. The molecule has 126 valence electrons. The van der Waals surface area contributed by atoms with Crippen LogP contribution in [0.25, 0.3) is 0 Å². The highest BCUT2D eigenvalue weighted by Gasteiger charge is 2.30. The van der Waals surface area contributed by atoms with Gasteiger partial charge in [0.05, 0.1) is 16.9 Å². The molecule has 0 unspecified atom stereocenters. The molecule has 0 bridgehead atoms. The molecule has 0 saturated carbocycles. The van der Waals surface area contributed by atoms with Crippen LogP contribution in [-0.2, 0) is 14.8 Å². The number of benzene rings is 1. The molecule has 1 aromatic rings. The van der Waals surface area contributed by atoms with Gasteiger partial charge in [0.15, 0.2) is 0 Å². The SMILES string of the molecule is CC(C)(CNC(=O)c1cccc(N2CCCS2(=O)=O)c1)C(=O)O. The molecule has 23 heavy (non-hydrogen) atoms. The van der Waals surface area contributed by atoms with Crippen LogP contribution >= 0.6 is 0 Å². The van der Waals surface area contributed by atoms with Gasteiger partial charge < -0.3 is 10.4 Å². The van der Waals surface area contributed by atoms with Crippen LogP contribution in [0.1, 0.15) is 30.6 Å². The van der Waals surface area contributed by atoms with Crippen LogP contribution in [0.5, 0.6) is 0 Å². The first kappa shape index (κ1) is 17.3. The van der Waals surface area contributed by atoms with Gasteiger partial charge in [0, 0.05) is 18.7 Å². The molecule has 0 atom stereocenters. The monoisotopic (exact) mass is 340 g/mol. The van der Waals surface area contributed by atoms with Gasteiger partial charge in [-0.25, -0.2) is 8.42 Å². The van der Waals surface area contributed by atoms with E-state index in [0.717, 1.165) is 0 Å². The summed E-state index contributed by atoms with van der Waals surface area (Å²) < 4.78 is 25.2.